The third kappa shape index (κ3) is 3.11. The summed E-state index contributed by atoms with van der Waals surface area (Å²) in [5, 5.41) is 1.65. The molecule has 0 aliphatic heterocycles. The van der Waals surface area contributed by atoms with Crippen LogP contribution in [0.5, 0.6) is 11.5 Å². The van der Waals surface area contributed by atoms with Crippen LogP contribution in [0.15, 0.2) is 66.9 Å². The van der Waals surface area contributed by atoms with Gasteiger partial charge in [0.15, 0.2) is 0 Å². The van der Waals surface area contributed by atoms with Gasteiger partial charge in [-0.1, -0.05) is 18.2 Å². The van der Waals surface area contributed by atoms with Crippen molar-refractivity contribution in [2.24, 2.45) is 5.73 Å². The number of benzene rings is 3. The van der Waals surface area contributed by atoms with E-state index in [-0.39, 0.29) is 16.7 Å². The van der Waals surface area contributed by atoms with Gasteiger partial charge in [0.1, 0.15) is 11.5 Å². The van der Waals surface area contributed by atoms with Gasteiger partial charge in [-0.25, -0.2) is 0 Å². The summed E-state index contributed by atoms with van der Waals surface area (Å²) < 4.78 is 45.6. The molecule has 7 heteroatoms. The van der Waals surface area contributed by atoms with Gasteiger partial charge in [-0.2, -0.15) is 13.2 Å². The Morgan fingerprint density at radius 3 is 2.50 bits per heavy atom. The Labute approximate surface area is 157 Å². The van der Waals surface area contributed by atoms with Crippen LogP contribution in [0.4, 0.5) is 13.2 Å². The van der Waals surface area contributed by atoms with Gasteiger partial charge in [0.05, 0.1) is 11.1 Å². The smallest absolute Gasteiger partial charge is 0.418 e. The SMILES string of the molecule is NC(=O)c1cccc2cc(Oc3ccnc4c(C(F)(F)F)cccc34)ccc12. The molecule has 1 heterocycles. The zero-order chi connectivity index (χ0) is 19.9. The Bertz CT molecular complexity index is 1220. The predicted octanol–water partition coefficient (Wildman–Crippen LogP) is 5.30. The molecule has 1 aromatic heterocycles. The van der Waals surface area contributed by atoms with Crippen LogP contribution in [0, 0.1) is 0 Å². The van der Waals surface area contributed by atoms with Crippen molar-refractivity contribution in [1.29, 1.82) is 0 Å². The molecule has 1 amide bonds. The first-order chi connectivity index (χ1) is 13.3. The quantitative estimate of drug-likeness (QED) is 0.523. The number of aromatic nitrogens is 1. The number of nitrogens with zero attached hydrogens (tertiary/aromatic N) is 1. The second-order valence-corrected chi connectivity index (χ2v) is 6.16. The van der Waals surface area contributed by atoms with Crippen molar-refractivity contribution in [3.8, 4) is 11.5 Å². The largest absolute Gasteiger partial charge is 0.457 e. The lowest BCUT2D eigenvalue weighted by Gasteiger charge is -2.13. The average Bonchev–Trinajstić information content (AvgIpc) is 2.66. The number of halogens is 3. The van der Waals surface area contributed by atoms with Crippen LogP contribution in [0.2, 0.25) is 0 Å². The first-order valence-electron chi connectivity index (χ1n) is 8.30. The molecule has 4 rings (SSSR count). The zero-order valence-electron chi connectivity index (χ0n) is 14.3. The number of alkyl halides is 3. The molecule has 28 heavy (non-hydrogen) atoms. The number of hydrogen-bond acceptors (Lipinski definition) is 3. The number of para-hydroxylation sites is 1. The normalized spacial score (nSPS) is 11.7. The molecule has 140 valence electrons. The maximum atomic E-state index is 13.2. The summed E-state index contributed by atoms with van der Waals surface area (Å²) in [4.78, 5) is 15.4. The van der Waals surface area contributed by atoms with Crippen LogP contribution in [-0.2, 0) is 6.18 Å². The molecule has 0 bridgehead atoms. The van der Waals surface area contributed by atoms with Crippen molar-refractivity contribution >= 4 is 27.6 Å². The lowest BCUT2D eigenvalue weighted by atomic mass is 10.0. The van der Waals surface area contributed by atoms with E-state index in [4.69, 9.17) is 10.5 Å². The molecule has 0 unspecified atom stereocenters. The van der Waals surface area contributed by atoms with E-state index in [1.807, 2.05) is 0 Å². The van der Waals surface area contributed by atoms with Gasteiger partial charge in [-0.15, -0.1) is 0 Å². The average molecular weight is 382 g/mol. The molecule has 0 aliphatic carbocycles. The summed E-state index contributed by atoms with van der Waals surface area (Å²) in [6.45, 7) is 0. The molecular formula is C21H13F3N2O2. The number of ether oxygens (including phenoxy) is 1. The van der Waals surface area contributed by atoms with E-state index >= 15 is 0 Å². The van der Waals surface area contributed by atoms with Gasteiger partial charge in [0.25, 0.3) is 0 Å². The maximum Gasteiger partial charge on any atom is 0.418 e. The topological polar surface area (TPSA) is 65.2 Å². The van der Waals surface area contributed by atoms with Gasteiger partial charge in [0.2, 0.25) is 5.91 Å². The first-order valence-corrected chi connectivity index (χ1v) is 8.30. The highest BCUT2D eigenvalue weighted by Gasteiger charge is 2.33. The van der Waals surface area contributed by atoms with Gasteiger partial charge in [-0.05, 0) is 53.2 Å². The number of primary amides is 1. The molecule has 4 aromatic rings. The van der Waals surface area contributed by atoms with E-state index in [0.717, 1.165) is 11.5 Å². The predicted molar refractivity (Wildman–Crippen MR) is 99.3 cm³/mol. The van der Waals surface area contributed by atoms with Crippen molar-refractivity contribution in [3.05, 3.63) is 78.0 Å². The van der Waals surface area contributed by atoms with Crippen LogP contribution in [0.3, 0.4) is 0 Å². The first kappa shape index (κ1) is 17.8. The highest BCUT2D eigenvalue weighted by molar-refractivity contribution is 6.06. The number of carbonyl (C=O) groups excluding carboxylic acids is 1. The van der Waals surface area contributed by atoms with E-state index in [1.54, 1.807) is 36.4 Å². The second-order valence-electron chi connectivity index (χ2n) is 6.16. The Morgan fingerprint density at radius 1 is 0.964 bits per heavy atom. The molecule has 0 fully saturated rings. The van der Waals surface area contributed by atoms with E-state index < -0.39 is 17.6 Å². The summed E-state index contributed by atoms with van der Waals surface area (Å²) in [7, 11) is 0. The molecule has 0 atom stereocenters. The molecule has 3 aromatic carbocycles. The molecule has 0 aliphatic rings. The number of amides is 1. The van der Waals surface area contributed by atoms with E-state index in [0.29, 0.717) is 16.7 Å². The summed E-state index contributed by atoms with van der Waals surface area (Å²) >= 11 is 0. The van der Waals surface area contributed by atoms with E-state index in [9.17, 15) is 18.0 Å². The number of nitrogens with two attached hydrogens (primary N) is 1. The fourth-order valence-electron chi connectivity index (χ4n) is 3.14. The summed E-state index contributed by atoms with van der Waals surface area (Å²) in [6.07, 6.45) is -3.24. The van der Waals surface area contributed by atoms with E-state index in [1.165, 1.54) is 24.4 Å². The van der Waals surface area contributed by atoms with Crippen LogP contribution in [0.25, 0.3) is 21.7 Å². The van der Waals surface area contributed by atoms with Crippen molar-refractivity contribution < 1.29 is 22.7 Å². The number of carbonyl (C=O) groups is 1. The minimum absolute atomic E-state index is 0.177. The molecule has 0 saturated carbocycles. The van der Waals surface area contributed by atoms with Gasteiger partial charge < -0.3 is 10.5 Å². The standard InChI is InChI=1S/C21H13F3N2O2/c22-21(23,24)17-6-2-5-16-18(9-10-26-19(16)17)28-13-7-8-14-12(11-13)3-1-4-15(14)20(25)27/h1-11H,(H2,25,27). The molecular weight excluding hydrogens is 369 g/mol. The Balaban J connectivity index is 1.79. The molecule has 0 spiro atoms. The van der Waals surface area contributed by atoms with Crippen molar-refractivity contribution in [1.82, 2.24) is 4.98 Å². The minimum atomic E-state index is -4.51. The number of hydrogen-bond donors (Lipinski definition) is 1. The molecule has 0 saturated heterocycles. The Kier molecular flexibility index (Phi) is 4.15. The van der Waals surface area contributed by atoms with Crippen LogP contribution >= 0.6 is 0 Å². The highest BCUT2D eigenvalue weighted by Crippen LogP contribution is 2.37. The van der Waals surface area contributed by atoms with Crippen molar-refractivity contribution in [2.45, 2.75) is 6.18 Å². The monoisotopic (exact) mass is 382 g/mol. The number of fused-ring (bicyclic) bond motifs is 2. The maximum absolute atomic E-state index is 13.2. The summed E-state index contributed by atoms with van der Waals surface area (Å²) in [6, 6.07) is 15.5. The Hall–Kier alpha value is -3.61. The highest BCUT2D eigenvalue weighted by atomic mass is 19.4. The molecule has 0 radical (unpaired) electrons. The third-order valence-electron chi connectivity index (χ3n) is 4.38. The van der Waals surface area contributed by atoms with Crippen LogP contribution in [0.1, 0.15) is 15.9 Å². The Morgan fingerprint density at radius 2 is 1.75 bits per heavy atom. The third-order valence-corrected chi connectivity index (χ3v) is 4.38. The summed E-state index contributed by atoms with van der Waals surface area (Å²) in [5.41, 5.74) is 4.77. The van der Waals surface area contributed by atoms with Gasteiger partial charge >= 0.3 is 6.18 Å². The van der Waals surface area contributed by atoms with E-state index in [2.05, 4.69) is 4.98 Å². The number of rotatable bonds is 3. The van der Waals surface area contributed by atoms with Crippen molar-refractivity contribution in [2.75, 3.05) is 0 Å². The zero-order valence-corrected chi connectivity index (χ0v) is 14.3. The minimum Gasteiger partial charge on any atom is -0.457 e. The molecule has 4 nitrogen and oxygen atoms in total. The lowest BCUT2D eigenvalue weighted by Crippen LogP contribution is -2.11. The van der Waals surface area contributed by atoms with Crippen LogP contribution < -0.4 is 10.5 Å². The van der Waals surface area contributed by atoms with Gasteiger partial charge in [-0.3, -0.25) is 9.78 Å². The lowest BCUT2D eigenvalue weighted by molar-refractivity contribution is -0.136. The van der Waals surface area contributed by atoms with Crippen molar-refractivity contribution in [3.63, 3.8) is 0 Å². The fraction of sp³-hybridized carbons (Fsp3) is 0.0476. The molecule has 2 N–H and O–H groups in total. The number of pyridine rings is 1. The van der Waals surface area contributed by atoms with Crippen LogP contribution in [-0.4, -0.2) is 10.9 Å². The second kappa shape index (κ2) is 6.53. The van der Waals surface area contributed by atoms with Gasteiger partial charge in [0, 0.05) is 17.1 Å². The fourth-order valence-corrected chi connectivity index (χ4v) is 3.14. The summed E-state index contributed by atoms with van der Waals surface area (Å²) in [5.74, 6) is 0.125.